The quantitative estimate of drug-likeness (QED) is 0.595. The van der Waals surface area contributed by atoms with Gasteiger partial charge in [-0.2, -0.15) is 0 Å². The zero-order chi connectivity index (χ0) is 16.7. The first kappa shape index (κ1) is 17.5. The summed E-state index contributed by atoms with van der Waals surface area (Å²) in [6.45, 7) is 1.84. The molecule has 0 aliphatic rings. The molecule has 2 aromatic rings. The molecule has 1 heterocycles. The maximum absolute atomic E-state index is 11.4. The molecule has 0 bridgehead atoms. The number of carbonyl (C=O) groups is 1. The van der Waals surface area contributed by atoms with Crippen molar-refractivity contribution in [2.75, 3.05) is 32.6 Å². The molecule has 0 spiro atoms. The molecule has 1 aromatic heterocycles. The van der Waals surface area contributed by atoms with Gasteiger partial charge >= 0.3 is 5.97 Å². The van der Waals surface area contributed by atoms with E-state index in [4.69, 9.17) is 4.74 Å². The zero-order valence-corrected chi connectivity index (χ0v) is 14.8. The first-order chi connectivity index (χ1) is 11.1. The van der Waals surface area contributed by atoms with Gasteiger partial charge in [0.2, 0.25) is 0 Å². The van der Waals surface area contributed by atoms with E-state index in [0.29, 0.717) is 4.88 Å². The second kappa shape index (κ2) is 8.70. The van der Waals surface area contributed by atoms with Gasteiger partial charge in [-0.05, 0) is 49.2 Å². The van der Waals surface area contributed by atoms with E-state index in [0.717, 1.165) is 25.9 Å². The van der Waals surface area contributed by atoms with Crippen LogP contribution in [-0.4, -0.2) is 33.7 Å². The predicted octanol–water partition coefficient (Wildman–Crippen LogP) is 3.32. The number of thiophene rings is 1. The molecule has 0 amide bonds. The predicted molar refractivity (Wildman–Crippen MR) is 96.5 cm³/mol. The Kier molecular flexibility index (Phi) is 6.62. The highest BCUT2D eigenvalue weighted by Gasteiger charge is 2.08. The van der Waals surface area contributed by atoms with Gasteiger partial charge in [-0.3, -0.25) is 0 Å². The van der Waals surface area contributed by atoms with Gasteiger partial charge < -0.3 is 15.0 Å². The zero-order valence-electron chi connectivity index (χ0n) is 14.0. The van der Waals surface area contributed by atoms with Gasteiger partial charge in [-0.25, -0.2) is 4.79 Å². The fraction of sp³-hybridized carbons (Fsp3) is 0.389. The fourth-order valence-electron chi connectivity index (χ4n) is 2.25. The van der Waals surface area contributed by atoms with Crippen molar-refractivity contribution in [2.24, 2.45) is 0 Å². The third-order valence-corrected chi connectivity index (χ3v) is 4.73. The highest BCUT2D eigenvalue weighted by Crippen LogP contribution is 2.18. The average molecular weight is 332 g/mol. The number of nitrogens with one attached hydrogen (secondary N) is 1. The third kappa shape index (κ3) is 5.37. The molecule has 1 aromatic carbocycles. The number of hydrogen-bond donors (Lipinski definition) is 1. The monoisotopic (exact) mass is 332 g/mol. The largest absolute Gasteiger partial charge is 0.465 e. The Labute approximate surface area is 142 Å². The molecule has 0 fully saturated rings. The molecular weight excluding hydrogens is 308 g/mol. The normalized spacial score (nSPS) is 10.6. The number of methoxy groups -OCH3 is 1. The molecule has 2 rings (SSSR count). The van der Waals surface area contributed by atoms with Crippen LogP contribution in [0.1, 0.15) is 26.5 Å². The van der Waals surface area contributed by atoms with Crippen LogP contribution in [0.25, 0.3) is 0 Å². The number of aryl methyl sites for hydroxylation is 1. The van der Waals surface area contributed by atoms with Crippen molar-refractivity contribution in [1.82, 2.24) is 5.32 Å². The number of benzene rings is 1. The van der Waals surface area contributed by atoms with E-state index in [9.17, 15) is 4.79 Å². The number of anilines is 1. The molecule has 0 radical (unpaired) electrons. The Balaban J connectivity index is 1.67. The van der Waals surface area contributed by atoms with Gasteiger partial charge in [0.15, 0.2) is 0 Å². The second-order valence-electron chi connectivity index (χ2n) is 5.60. The Morgan fingerprint density at radius 2 is 1.91 bits per heavy atom. The first-order valence-corrected chi connectivity index (χ1v) is 8.56. The summed E-state index contributed by atoms with van der Waals surface area (Å²) in [6.07, 6.45) is 2.03. The summed E-state index contributed by atoms with van der Waals surface area (Å²) in [5, 5.41) is 3.46. The van der Waals surface area contributed by atoms with Gasteiger partial charge in [0.1, 0.15) is 4.88 Å². The summed E-state index contributed by atoms with van der Waals surface area (Å²) in [5.74, 6) is -0.249. The van der Waals surface area contributed by atoms with Crippen molar-refractivity contribution in [3.05, 3.63) is 51.7 Å². The molecule has 124 valence electrons. The minimum absolute atomic E-state index is 0.249. The van der Waals surface area contributed by atoms with Crippen LogP contribution < -0.4 is 10.2 Å². The van der Waals surface area contributed by atoms with Gasteiger partial charge in [0.25, 0.3) is 0 Å². The maximum atomic E-state index is 11.4. The van der Waals surface area contributed by atoms with Crippen LogP contribution in [-0.2, 0) is 17.7 Å². The van der Waals surface area contributed by atoms with E-state index in [1.54, 1.807) is 0 Å². The van der Waals surface area contributed by atoms with Crippen LogP contribution >= 0.6 is 11.3 Å². The molecule has 0 atom stereocenters. The van der Waals surface area contributed by atoms with E-state index in [-0.39, 0.29) is 5.97 Å². The minimum atomic E-state index is -0.249. The Hall–Kier alpha value is -1.85. The van der Waals surface area contributed by atoms with Crippen molar-refractivity contribution in [3.8, 4) is 0 Å². The van der Waals surface area contributed by atoms with Crippen molar-refractivity contribution in [3.63, 3.8) is 0 Å². The number of ether oxygens (including phenoxy) is 1. The number of nitrogens with zero attached hydrogens (tertiary/aromatic N) is 1. The van der Waals surface area contributed by atoms with E-state index >= 15 is 0 Å². The summed E-state index contributed by atoms with van der Waals surface area (Å²) in [4.78, 5) is 15.4. The summed E-state index contributed by atoms with van der Waals surface area (Å²) in [5.41, 5.74) is 2.51. The first-order valence-electron chi connectivity index (χ1n) is 7.74. The minimum Gasteiger partial charge on any atom is -0.465 e. The highest BCUT2D eigenvalue weighted by atomic mass is 32.1. The molecule has 1 N–H and O–H groups in total. The van der Waals surface area contributed by atoms with E-state index in [1.807, 2.05) is 26.2 Å². The van der Waals surface area contributed by atoms with Crippen LogP contribution in [0, 0.1) is 0 Å². The van der Waals surface area contributed by atoms with Crippen molar-refractivity contribution in [2.45, 2.75) is 19.4 Å². The lowest BCUT2D eigenvalue weighted by molar-refractivity contribution is 0.0606. The molecule has 23 heavy (non-hydrogen) atoms. The maximum Gasteiger partial charge on any atom is 0.348 e. The Bertz CT molecular complexity index is 620. The number of carbonyl (C=O) groups excluding carboxylic acids is 1. The highest BCUT2D eigenvalue weighted by molar-refractivity contribution is 7.13. The molecule has 0 aliphatic heterocycles. The SMILES string of the molecule is COC(=O)c1ccc(CCCNCc2ccc(N(C)C)cc2)s1. The molecule has 4 nitrogen and oxygen atoms in total. The lowest BCUT2D eigenvalue weighted by Gasteiger charge is -2.12. The lowest BCUT2D eigenvalue weighted by Crippen LogP contribution is -2.15. The van der Waals surface area contributed by atoms with Crippen LogP contribution in [0.4, 0.5) is 5.69 Å². The van der Waals surface area contributed by atoms with Gasteiger partial charge in [-0.15, -0.1) is 11.3 Å². The van der Waals surface area contributed by atoms with Crippen LogP contribution in [0.3, 0.4) is 0 Å². The van der Waals surface area contributed by atoms with Gasteiger partial charge in [0.05, 0.1) is 7.11 Å². The molecule has 0 saturated carbocycles. The molecular formula is C18H24N2O2S. The lowest BCUT2D eigenvalue weighted by atomic mass is 10.2. The standard InChI is InChI=1S/C18H24N2O2S/c1-20(2)15-8-6-14(7-9-15)13-19-12-4-5-16-10-11-17(23-16)18(21)22-3/h6-11,19H,4-5,12-13H2,1-3H3. The second-order valence-corrected chi connectivity index (χ2v) is 6.77. The summed E-state index contributed by atoms with van der Waals surface area (Å²) in [6, 6.07) is 12.4. The molecule has 5 heteroatoms. The van der Waals surface area contributed by atoms with Crippen molar-refractivity contribution in [1.29, 1.82) is 0 Å². The van der Waals surface area contributed by atoms with E-state index in [2.05, 4.69) is 34.5 Å². The third-order valence-electron chi connectivity index (χ3n) is 3.61. The molecule has 0 saturated heterocycles. The number of rotatable bonds is 8. The van der Waals surface area contributed by atoms with Crippen LogP contribution in [0.15, 0.2) is 36.4 Å². The van der Waals surface area contributed by atoms with Gasteiger partial charge in [-0.1, -0.05) is 12.1 Å². The van der Waals surface area contributed by atoms with E-state index < -0.39 is 0 Å². The Morgan fingerprint density at radius 1 is 1.17 bits per heavy atom. The topological polar surface area (TPSA) is 41.6 Å². The smallest absolute Gasteiger partial charge is 0.348 e. The van der Waals surface area contributed by atoms with Crippen molar-refractivity contribution >= 4 is 23.0 Å². The fourth-order valence-corrected chi connectivity index (χ4v) is 3.22. The summed E-state index contributed by atoms with van der Waals surface area (Å²) >= 11 is 1.52. The summed E-state index contributed by atoms with van der Waals surface area (Å²) in [7, 11) is 5.50. The number of hydrogen-bond acceptors (Lipinski definition) is 5. The average Bonchev–Trinajstić information content (AvgIpc) is 3.03. The molecule has 0 unspecified atom stereocenters. The Morgan fingerprint density at radius 3 is 2.57 bits per heavy atom. The van der Waals surface area contributed by atoms with Crippen molar-refractivity contribution < 1.29 is 9.53 Å². The summed E-state index contributed by atoms with van der Waals surface area (Å²) < 4.78 is 4.72. The van der Waals surface area contributed by atoms with E-state index in [1.165, 1.54) is 34.6 Å². The molecule has 0 aliphatic carbocycles. The van der Waals surface area contributed by atoms with Crippen LogP contribution in [0.5, 0.6) is 0 Å². The van der Waals surface area contributed by atoms with Crippen LogP contribution in [0.2, 0.25) is 0 Å². The number of esters is 1. The van der Waals surface area contributed by atoms with Gasteiger partial charge in [0, 0.05) is 31.2 Å².